The highest BCUT2D eigenvalue weighted by atomic mass is 14.4. The van der Waals surface area contributed by atoms with Crippen LogP contribution >= 0.6 is 0 Å². The van der Waals surface area contributed by atoms with Gasteiger partial charge in [0.25, 0.3) is 0 Å². The first-order valence-corrected chi connectivity index (χ1v) is 10.8. The van der Waals surface area contributed by atoms with Crippen LogP contribution in [-0.4, -0.2) is 0 Å². The fourth-order valence-electron chi connectivity index (χ4n) is 4.42. The molecule has 0 N–H and O–H groups in total. The fraction of sp³-hybridized carbons (Fsp3) is 0.310. The van der Waals surface area contributed by atoms with E-state index in [9.17, 15) is 0 Å². The molecule has 3 aromatic rings. The van der Waals surface area contributed by atoms with Crippen molar-refractivity contribution < 1.29 is 0 Å². The maximum Gasteiger partial charge on any atom is 0.0159 e. The third kappa shape index (κ3) is 3.57. The van der Waals surface area contributed by atoms with Crippen LogP contribution in [0.15, 0.2) is 60.7 Å². The lowest BCUT2D eigenvalue weighted by molar-refractivity contribution is 0.658. The first-order valence-electron chi connectivity index (χ1n) is 10.8. The van der Waals surface area contributed by atoms with E-state index in [-0.39, 0.29) is 5.41 Å². The predicted molar refractivity (Wildman–Crippen MR) is 128 cm³/mol. The molecule has 0 unspecified atom stereocenters. The Balaban J connectivity index is 1.66. The summed E-state index contributed by atoms with van der Waals surface area (Å²) in [6.45, 7) is 13.7. The number of hydrogen-bond acceptors (Lipinski definition) is 0. The zero-order valence-corrected chi connectivity index (χ0v) is 18.6. The molecule has 29 heavy (non-hydrogen) atoms. The summed E-state index contributed by atoms with van der Waals surface area (Å²) in [6.07, 6.45) is 4.46. The molecule has 0 aliphatic heterocycles. The van der Waals surface area contributed by atoms with E-state index in [1.807, 2.05) is 0 Å². The normalized spacial score (nSPS) is 14.6. The highest BCUT2D eigenvalue weighted by Crippen LogP contribution is 2.49. The standard InChI is InChI=1S/C29H32/c1-19(2)23-12-9-21(10-13-23)7-8-22-11-15-25-26-16-14-24(20(3)4)18-28(26)29(5,6)27(25)17-22/h7-20H,1-6H3. The second kappa shape index (κ2) is 7.34. The second-order valence-corrected chi connectivity index (χ2v) is 9.54. The number of benzene rings is 3. The van der Waals surface area contributed by atoms with Gasteiger partial charge < -0.3 is 0 Å². The van der Waals surface area contributed by atoms with E-state index >= 15 is 0 Å². The van der Waals surface area contributed by atoms with Crippen molar-refractivity contribution in [3.05, 3.63) is 94.0 Å². The lowest BCUT2D eigenvalue weighted by atomic mass is 9.81. The lowest BCUT2D eigenvalue weighted by Crippen LogP contribution is -2.15. The maximum atomic E-state index is 2.42. The average Bonchev–Trinajstić information content (AvgIpc) is 2.93. The monoisotopic (exact) mass is 380 g/mol. The van der Waals surface area contributed by atoms with Crippen LogP contribution in [0.5, 0.6) is 0 Å². The first kappa shape index (κ1) is 19.7. The van der Waals surface area contributed by atoms with Crippen LogP contribution in [0.2, 0.25) is 0 Å². The molecule has 0 atom stereocenters. The van der Waals surface area contributed by atoms with E-state index in [0.717, 1.165) is 0 Å². The van der Waals surface area contributed by atoms with E-state index < -0.39 is 0 Å². The molecule has 0 nitrogen and oxygen atoms in total. The van der Waals surface area contributed by atoms with Crippen LogP contribution in [0.1, 0.15) is 86.8 Å². The predicted octanol–water partition coefficient (Wildman–Crippen LogP) is 8.41. The minimum Gasteiger partial charge on any atom is -0.0587 e. The first-order chi connectivity index (χ1) is 13.8. The summed E-state index contributed by atoms with van der Waals surface area (Å²) in [7, 11) is 0. The lowest BCUT2D eigenvalue weighted by Gasteiger charge is -2.22. The Morgan fingerprint density at radius 2 is 1.07 bits per heavy atom. The van der Waals surface area contributed by atoms with Gasteiger partial charge in [0.15, 0.2) is 0 Å². The Bertz CT molecular complexity index is 1060. The Morgan fingerprint density at radius 1 is 0.586 bits per heavy atom. The summed E-state index contributed by atoms with van der Waals surface area (Å²) in [4.78, 5) is 0. The number of rotatable bonds is 4. The molecule has 3 aromatic carbocycles. The minimum atomic E-state index is 0.0400. The van der Waals surface area contributed by atoms with Crippen molar-refractivity contribution in [2.75, 3.05) is 0 Å². The van der Waals surface area contributed by atoms with Crippen molar-refractivity contribution in [3.8, 4) is 11.1 Å². The van der Waals surface area contributed by atoms with Gasteiger partial charge in [0.05, 0.1) is 0 Å². The Labute approximate surface area is 176 Å². The molecule has 0 spiro atoms. The molecule has 0 amide bonds. The van der Waals surface area contributed by atoms with Crippen LogP contribution < -0.4 is 0 Å². The van der Waals surface area contributed by atoms with E-state index in [4.69, 9.17) is 0 Å². The summed E-state index contributed by atoms with van der Waals surface area (Å²) in [5.41, 5.74) is 11.1. The molecular formula is C29H32. The molecule has 4 rings (SSSR count). The quantitative estimate of drug-likeness (QED) is 0.398. The van der Waals surface area contributed by atoms with Crippen LogP contribution in [0.3, 0.4) is 0 Å². The van der Waals surface area contributed by atoms with Crippen LogP contribution in [0, 0.1) is 0 Å². The molecule has 1 aliphatic rings. The molecule has 148 valence electrons. The molecule has 0 bridgehead atoms. The average molecular weight is 381 g/mol. The maximum absolute atomic E-state index is 2.42. The minimum absolute atomic E-state index is 0.0400. The Morgan fingerprint density at radius 3 is 1.69 bits per heavy atom. The van der Waals surface area contributed by atoms with E-state index in [2.05, 4.69) is 114 Å². The van der Waals surface area contributed by atoms with Gasteiger partial charge in [-0.05, 0) is 56.3 Å². The smallest absolute Gasteiger partial charge is 0.0159 e. The van der Waals surface area contributed by atoms with Crippen molar-refractivity contribution in [1.82, 2.24) is 0 Å². The van der Waals surface area contributed by atoms with E-state index in [1.165, 1.54) is 44.5 Å². The summed E-state index contributed by atoms with van der Waals surface area (Å²) >= 11 is 0. The van der Waals surface area contributed by atoms with Crippen LogP contribution in [0.4, 0.5) is 0 Å². The van der Waals surface area contributed by atoms with Gasteiger partial charge in [-0.2, -0.15) is 0 Å². The van der Waals surface area contributed by atoms with Crippen LogP contribution in [0.25, 0.3) is 23.3 Å². The molecule has 0 saturated heterocycles. The molecular weight excluding hydrogens is 348 g/mol. The van der Waals surface area contributed by atoms with Gasteiger partial charge in [-0.3, -0.25) is 0 Å². The fourth-order valence-corrected chi connectivity index (χ4v) is 4.42. The number of fused-ring (bicyclic) bond motifs is 3. The summed E-state index contributed by atoms with van der Waals surface area (Å²) in [5, 5.41) is 0. The molecule has 0 fully saturated rings. The van der Waals surface area contributed by atoms with E-state index in [0.29, 0.717) is 11.8 Å². The van der Waals surface area contributed by atoms with Gasteiger partial charge in [0.2, 0.25) is 0 Å². The molecule has 0 heterocycles. The summed E-state index contributed by atoms with van der Waals surface area (Å²) in [5.74, 6) is 1.13. The zero-order chi connectivity index (χ0) is 20.8. The Hall–Kier alpha value is -2.60. The summed E-state index contributed by atoms with van der Waals surface area (Å²) < 4.78 is 0. The third-order valence-corrected chi connectivity index (χ3v) is 6.46. The highest BCUT2D eigenvalue weighted by Gasteiger charge is 2.35. The second-order valence-electron chi connectivity index (χ2n) is 9.54. The van der Waals surface area contributed by atoms with Crippen molar-refractivity contribution in [2.24, 2.45) is 0 Å². The SMILES string of the molecule is CC(C)c1ccc(C=Cc2ccc3c(c2)C(C)(C)c2cc(C(C)C)ccc2-3)cc1. The molecule has 0 radical (unpaired) electrons. The molecule has 1 aliphatic carbocycles. The van der Waals surface area contributed by atoms with Gasteiger partial charge in [0.1, 0.15) is 0 Å². The van der Waals surface area contributed by atoms with Gasteiger partial charge in [-0.1, -0.05) is 114 Å². The van der Waals surface area contributed by atoms with Gasteiger partial charge >= 0.3 is 0 Å². The van der Waals surface area contributed by atoms with Gasteiger partial charge in [0, 0.05) is 5.41 Å². The molecule has 0 saturated carbocycles. The Kier molecular flexibility index (Phi) is 4.99. The molecule has 0 heteroatoms. The van der Waals surface area contributed by atoms with Gasteiger partial charge in [-0.25, -0.2) is 0 Å². The third-order valence-electron chi connectivity index (χ3n) is 6.46. The highest BCUT2D eigenvalue weighted by molar-refractivity contribution is 5.83. The van der Waals surface area contributed by atoms with Gasteiger partial charge in [-0.15, -0.1) is 0 Å². The van der Waals surface area contributed by atoms with Crippen molar-refractivity contribution in [1.29, 1.82) is 0 Å². The van der Waals surface area contributed by atoms with Crippen molar-refractivity contribution in [3.63, 3.8) is 0 Å². The largest absolute Gasteiger partial charge is 0.0587 e. The topological polar surface area (TPSA) is 0 Å². The van der Waals surface area contributed by atoms with Crippen molar-refractivity contribution in [2.45, 2.75) is 58.8 Å². The zero-order valence-electron chi connectivity index (χ0n) is 18.6. The van der Waals surface area contributed by atoms with E-state index in [1.54, 1.807) is 0 Å². The summed E-state index contributed by atoms with van der Waals surface area (Å²) in [6, 6.07) is 22.9. The number of hydrogen-bond donors (Lipinski definition) is 0. The van der Waals surface area contributed by atoms with Crippen LogP contribution in [-0.2, 0) is 5.41 Å². The molecule has 0 aromatic heterocycles. The van der Waals surface area contributed by atoms with Crippen molar-refractivity contribution >= 4 is 12.2 Å².